The van der Waals surface area contributed by atoms with Crippen molar-refractivity contribution in [3.05, 3.63) is 65.9 Å². The number of hydrogen-bond donors (Lipinski definition) is 1. The summed E-state index contributed by atoms with van der Waals surface area (Å²) in [6.07, 6.45) is 1.99. The van der Waals surface area contributed by atoms with Gasteiger partial charge in [0.2, 0.25) is 5.91 Å². The first-order valence-corrected chi connectivity index (χ1v) is 9.83. The number of aryl methyl sites for hydroxylation is 1. The molecule has 0 spiro atoms. The lowest BCUT2D eigenvalue weighted by Gasteiger charge is -2.28. The Morgan fingerprint density at radius 3 is 2.70 bits per heavy atom. The molecule has 1 amide bonds. The van der Waals surface area contributed by atoms with Gasteiger partial charge in [0.1, 0.15) is 19.0 Å². The van der Waals surface area contributed by atoms with Gasteiger partial charge < -0.3 is 19.2 Å². The topological polar surface area (TPSA) is 73.6 Å². The summed E-state index contributed by atoms with van der Waals surface area (Å²) in [4.78, 5) is 16.7. The van der Waals surface area contributed by atoms with Gasteiger partial charge in [-0.1, -0.05) is 18.2 Å². The largest absolute Gasteiger partial charge is 0.486 e. The van der Waals surface area contributed by atoms with Crippen LogP contribution in [0.4, 0.5) is 4.39 Å². The summed E-state index contributed by atoms with van der Waals surface area (Å²) in [5.41, 5.74) is 0.667. The third-order valence-electron chi connectivity index (χ3n) is 4.97. The first kappa shape index (κ1) is 19.9. The van der Waals surface area contributed by atoms with E-state index in [9.17, 15) is 9.18 Å². The Morgan fingerprint density at radius 2 is 1.90 bits per heavy atom. The standard InChI is InChI=1S/C23H23FN2O4/c1-23(2,15-7-8-18-19(13-15)29-12-11-28-18)26-21(27)9-10-22-25-14-20(30-22)16-5-3-4-6-17(16)24/h3-8,13-14H,9-12H2,1-2H3,(H,26,27). The molecule has 0 saturated carbocycles. The molecule has 0 unspecified atom stereocenters. The summed E-state index contributed by atoms with van der Waals surface area (Å²) in [6, 6.07) is 12.0. The van der Waals surface area contributed by atoms with Gasteiger partial charge in [0.15, 0.2) is 23.1 Å². The van der Waals surface area contributed by atoms with E-state index in [4.69, 9.17) is 13.9 Å². The number of amides is 1. The van der Waals surface area contributed by atoms with Crippen molar-refractivity contribution < 1.29 is 23.1 Å². The number of fused-ring (bicyclic) bond motifs is 1. The Hall–Kier alpha value is -3.35. The summed E-state index contributed by atoms with van der Waals surface area (Å²) in [5, 5.41) is 3.03. The second-order valence-electron chi connectivity index (χ2n) is 7.63. The van der Waals surface area contributed by atoms with E-state index in [0.717, 1.165) is 5.56 Å². The van der Waals surface area contributed by atoms with Crippen molar-refractivity contribution in [2.75, 3.05) is 13.2 Å². The molecule has 0 atom stereocenters. The van der Waals surface area contributed by atoms with Crippen LogP contribution in [0.15, 0.2) is 53.1 Å². The molecule has 156 valence electrons. The van der Waals surface area contributed by atoms with E-state index in [0.29, 0.717) is 48.3 Å². The first-order chi connectivity index (χ1) is 14.4. The first-order valence-electron chi connectivity index (χ1n) is 9.83. The van der Waals surface area contributed by atoms with Crippen molar-refractivity contribution in [1.82, 2.24) is 10.3 Å². The number of halogens is 1. The van der Waals surface area contributed by atoms with Gasteiger partial charge in [-0.2, -0.15) is 0 Å². The SMILES string of the molecule is CC(C)(NC(=O)CCc1ncc(-c2ccccc2F)o1)c1ccc2c(c1)OCCO2. The molecule has 1 N–H and O–H groups in total. The average molecular weight is 410 g/mol. The number of carbonyl (C=O) groups excluding carboxylic acids is 1. The lowest BCUT2D eigenvalue weighted by Crippen LogP contribution is -2.41. The number of oxazole rings is 1. The van der Waals surface area contributed by atoms with Crippen LogP contribution in [0.25, 0.3) is 11.3 Å². The van der Waals surface area contributed by atoms with Crippen molar-refractivity contribution in [3.8, 4) is 22.8 Å². The Morgan fingerprint density at radius 1 is 1.13 bits per heavy atom. The van der Waals surface area contributed by atoms with Crippen molar-refractivity contribution in [2.24, 2.45) is 0 Å². The predicted molar refractivity (Wildman–Crippen MR) is 109 cm³/mol. The van der Waals surface area contributed by atoms with Crippen molar-refractivity contribution >= 4 is 5.91 Å². The highest BCUT2D eigenvalue weighted by molar-refractivity contribution is 5.77. The van der Waals surface area contributed by atoms with Gasteiger partial charge in [0.05, 0.1) is 17.3 Å². The number of carbonyl (C=O) groups is 1. The van der Waals surface area contributed by atoms with Crippen molar-refractivity contribution in [2.45, 2.75) is 32.2 Å². The number of benzene rings is 2. The predicted octanol–water partition coefficient (Wildman–Crippen LogP) is 4.24. The Bertz CT molecular complexity index is 1060. The minimum Gasteiger partial charge on any atom is -0.486 e. The molecule has 7 heteroatoms. The molecule has 1 aliphatic rings. The highest BCUT2D eigenvalue weighted by Crippen LogP contribution is 2.34. The Labute approximate surface area is 174 Å². The third kappa shape index (κ3) is 4.30. The fraction of sp³-hybridized carbons (Fsp3) is 0.304. The fourth-order valence-electron chi connectivity index (χ4n) is 3.35. The van der Waals surface area contributed by atoms with Crippen LogP contribution in [0.3, 0.4) is 0 Å². The van der Waals surface area contributed by atoms with Crippen LogP contribution < -0.4 is 14.8 Å². The van der Waals surface area contributed by atoms with E-state index in [-0.39, 0.29) is 18.1 Å². The van der Waals surface area contributed by atoms with Gasteiger partial charge in [-0.15, -0.1) is 0 Å². The van der Waals surface area contributed by atoms with E-state index in [1.54, 1.807) is 18.2 Å². The maximum absolute atomic E-state index is 13.9. The summed E-state index contributed by atoms with van der Waals surface area (Å²) >= 11 is 0. The molecule has 6 nitrogen and oxygen atoms in total. The normalized spacial score (nSPS) is 13.2. The number of nitrogens with one attached hydrogen (secondary N) is 1. The molecule has 0 aliphatic carbocycles. The van der Waals surface area contributed by atoms with Gasteiger partial charge >= 0.3 is 0 Å². The van der Waals surface area contributed by atoms with E-state index >= 15 is 0 Å². The summed E-state index contributed by atoms with van der Waals surface area (Å²) in [5.74, 6) is 1.61. The molecule has 4 rings (SSSR count). The summed E-state index contributed by atoms with van der Waals surface area (Å²) in [6.45, 7) is 4.90. The zero-order valence-corrected chi connectivity index (χ0v) is 16.9. The smallest absolute Gasteiger partial charge is 0.221 e. The van der Waals surface area contributed by atoms with Crippen LogP contribution in [0.2, 0.25) is 0 Å². The number of aromatic nitrogens is 1. The number of ether oxygens (including phenoxy) is 2. The lowest BCUT2D eigenvalue weighted by atomic mass is 9.93. The van der Waals surface area contributed by atoms with Gasteiger partial charge in [-0.05, 0) is 43.7 Å². The third-order valence-corrected chi connectivity index (χ3v) is 4.97. The van der Waals surface area contributed by atoms with Gasteiger partial charge in [-0.25, -0.2) is 9.37 Å². The van der Waals surface area contributed by atoms with Gasteiger partial charge in [0, 0.05) is 12.8 Å². The monoisotopic (exact) mass is 410 g/mol. The van der Waals surface area contributed by atoms with Crippen LogP contribution in [-0.2, 0) is 16.8 Å². The highest BCUT2D eigenvalue weighted by atomic mass is 19.1. The maximum atomic E-state index is 13.9. The molecular formula is C23H23FN2O4. The average Bonchev–Trinajstić information content (AvgIpc) is 3.21. The molecular weight excluding hydrogens is 387 g/mol. The zero-order chi connectivity index (χ0) is 21.1. The summed E-state index contributed by atoms with van der Waals surface area (Å²) < 4.78 is 30.7. The molecule has 3 aromatic rings. The molecule has 1 aromatic heterocycles. The van der Waals surface area contributed by atoms with Crippen LogP contribution in [0.1, 0.15) is 31.7 Å². The molecule has 2 aromatic carbocycles. The Kier molecular flexibility index (Phi) is 5.44. The minimum atomic E-state index is -0.595. The molecule has 0 saturated heterocycles. The van der Waals surface area contributed by atoms with Crippen LogP contribution in [0, 0.1) is 5.82 Å². The second-order valence-corrected chi connectivity index (χ2v) is 7.63. The second kappa shape index (κ2) is 8.18. The molecule has 2 heterocycles. The van der Waals surface area contributed by atoms with Crippen molar-refractivity contribution in [3.63, 3.8) is 0 Å². The lowest BCUT2D eigenvalue weighted by molar-refractivity contribution is -0.122. The number of nitrogens with zero attached hydrogens (tertiary/aromatic N) is 1. The van der Waals surface area contributed by atoms with Gasteiger partial charge in [0.25, 0.3) is 0 Å². The molecule has 1 aliphatic heterocycles. The number of hydrogen-bond acceptors (Lipinski definition) is 5. The quantitative estimate of drug-likeness (QED) is 0.658. The minimum absolute atomic E-state index is 0.138. The van der Waals surface area contributed by atoms with Crippen LogP contribution >= 0.6 is 0 Å². The number of rotatable bonds is 6. The van der Waals surface area contributed by atoms with Crippen LogP contribution in [-0.4, -0.2) is 24.1 Å². The zero-order valence-electron chi connectivity index (χ0n) is 16.9. The van der Waals surface area contributed by atoms with Crippen molar-refractivity contribution in [1.29, 1.82) is 0 Å². The van der Waals surface area contributed by atoms with E-state index in [2.05, 4.69) is 10.3 Å². The van der Waals surface area contributed by atoms with E-state index in [1.165, 1.54) is 12.3 Å². The van der Waals surface area contributed by atoms with Crippen LogP contribution in [0.5, 0.6) is 11.5 Å². The molecule has 0 bridgehead atoms. The summed E-state index contributed by atoms with van der Waals surface area (Å²) in [7, 11) is 0. The van der Waals surface area contributed by atoms with E-state index < -0.39 is 5.54 Å². The maximum Gasteiger partial charge on any atom is 0.221 e. The highest BCUT2D eigenvalue weighted by Gasteiger charge is 2.25. The van der Waals surface area contributed by atoms with Gasteiger partial charge in [-0.3, -0.25) is 4.79 Å². The fourth-order valence-corrected chi connectivity index (χ4v) is 3.35. The molecule has 30 heavy (non-hydrogen) atoms. The van der Waals surface area contributed by atoms with E-state index in [1.807, 2.05) is 32.0 Å². The Balaban J connectivity index is 1.37. The molecule has 0 radical (unpaired) electrons. The molecule has 0 fully saturated rings.